The quantitative estimate of drug-likeness (QED) is 0.789. The molecule has 88 valence electrons. The van der Waals surface area contributed by atoms with E-state index in [1.54, 1.807) is 6.26 Å². The standard InChI is InChI=1S/C12H18N2OS/c16-12(14-10-4-1-2-5-10)13-8-7-11-6-3-9-15-11/h3,6,9-10H,1-2,4-5,7-8H2,(H2,13,14,16). The van der Waals surface area contributed by atoms with Crippen LogP contribution in [0.3, 0.4) is 0 Å². The Morgan fingerprint density at radius 1 is 1.44 bits per heavy atom. The molecule has 0 unspecified atom stereocenters. The molecular weight excluding hydrogens is 220 g/mol. The summed E-state index contributed by atoms with van der Waals surface area (Å²) in [5.74, 6) is 0.996. The molecule has 16 heavy (non-hydrogen) atoms. The lowest BCUT2D eigenvalue weighted by Gasteiger charge is -2.15. The first kappa shape index (κ1) is 11.5. The van der Waals surface area contributed by atoms with Crippen LogP contribution in [0.5, 0.6) is 0 Å². The first-order valence-electron chi connectivity index (χ1n) is 5.91. The zero-order valence-electron chi connectivity index (χ0n) is 9.37. The molecule has 1 fully saturated rings. The third kappa shape index (κ3) is 3.52. The number of thiocarbonyl (C=S) groups is 1. The fraction of sp³-hybridized carbons (Fsp3) is 0.583. The van der Waals surface area contributed by atoms with Crippen LogP contribution in [0.15, 0.2) is 22.8 Å². The molecule has 3 nitrogen and oxygen atoms in total. The Bertz CT molecular complexity index is 318. The molecule has 0 bridgehead atoms. The summed E-state index contributed by atoms with van der Waals surface area (Å²) in [6.07, 6.45) is 7.73. The van der Waals surface area contributed by atoms with E-state index >= 15 is 0 Å². The van der Waals surface area contributed by atoms with Gasteiger partial charge in [-0.15, -0.1) is 0 Å². The van der Waals surface area contributed by atoms with E-state index in [9.17, 15) is 0 Å². The predicted octanol–water partition coefficient (Wildman–Crippen LogP) is 2.23. The first-order chi connectivity index (χ1) is 7.84. The first-order valence-corrected chi connectivity index (χ1v) is 6.32. The monoisotopic (exact) mass is 238 g/mol. The average Bonchev–Trinajstić information content (AvgIpc) is 2.90. The minimum Gasteiger partial charge on any atom is -0.469 e. The molecule has 1 aromatic rings. The highest BCUT2D eigenvalue weighted by Gasteiger charge is 2.14. The zero-order valence-corrected chi connectivity index (χ0v) is 10.2. The van der Waals surface area contributed by atoms with E-state index in [0.29, 0.717) is 6.04 Å². The molecule has 1 aromatic heterocycles. The molecule has 0 radical (unpaired) electrons. The van der Waals surface area contributed by atoms with Crippen LogP contribution in [0.4, 0.5) is 0 Å². The van der Waals surface area contributed by atoms with Gasteiger partial charge in [0.05, 0.1) is 6.26 Å². The maximum atomic E-state index is 5.25. The zero-order chi connectivity index (χ0) is 11.2. The van der Waals surface area contributed by atoms with Crippen LogP contribution >= 0.6 is 12.2 Å². The Morgan fingerprint density at radius 3 is 2.94 bits per heavy atom. The van der Waals surface area contributed by atoms with E-state index in [4.69, 9.17) is 16.6 Å². The molecule has 0 saturated heterocycles. The number of furan rings is 1. The van der Waals surface area contributed by atoms with E-state index < -0.39 is 0 Å². The SMILES string of the molecule is S=C(NCCc1ccco1)NC1CCCC1. The summed E-state index contributed by atoms with van der Waals surface area (Å²) >= 11 is 5.23. The van der Waals surface area contributed by atoms with Gasteiger partial charge in [-0.1, -0.05) is 12.8 Å². The third-order valence-corrected chi connectivity index (χ3v) is 3.19. The van der Waals surface area contributed by atoms with Crippen LogP contribution < -0.4 is 10.6 Å². The second-order valence-electron chi connectivity index (χ2n) is 4.21. The molecule has 1 heterocycles. The van der Waals surface area contributed by atoms with Crippen molar-refractivity contribution in [2.75, 3.05) is 6.54 Å². The summed E-state index contributed by atoms with van der Waals surface area (Å²) in [6, 6.07) is 4.48. The molecule has 0 atom stereocenters. The summed E-state index contributed by atoms with van der Waals surface area (Å²) in [4.78, 5) is 0. The van der Waals surface area contributed by atoms with E-state index in [1.165, 1.54) is 25.7 Å². The van der Waals surface area contributed by atoms with Gasteiger partial charge in [0, 0.05) is 19.0 Å². The summed E-state index contributed by atoms with van der Waals surface area (Å²) < 4.78 is 5.25. The van der Waals surface area contributed by atoms with Crippen molar-refractivity contribution in [2.24, 2.45) is 0 Å². The topological polar surface area (TPSA) is 37.2 Å². The molecular formula is C12H18N2OS. The molecule has 1 saturated carbocycles. The maximum absolute atomic E-state index is 5.25. The Balaban J connectivity index is 1.60. The van der Waals surface area contributed by atoms with Crippen LogP contribution in [0.1, 0.15) is 31.4 Å². The van der Waals surface area contributed by atoms with Crippen molar-refractivity contribution in [1.29, 1.82) is 0 Å². The molecule has 1 aliphatic rings. The van der Waals surface area contributed by atoms with Crippen LogP contribution in [0.25, 0.3) is 0 Å². The van der Waals surface area contributed by atoms with Gasteiger partial charge in [0.1, 0.15) is 5.76 Å². The van der Waals surface area contributed by atoms with Crippen molar-refractivity contribution >= 4 is 17.3 Å². The maximum Gasteiger partial charge on any atom is 0.166 e. The predicted molar refractivity (Wildman–Crippen MR) is 68.4 cm³/mol. The Hall–Kier alpha value is -1.03. The molecule has 1 aliphatic carbocycles. The van der Waals surface area contributed by atoms with Crippen molar-refractivity contribution < 1.29 is 4.42 Å². The Morgan fingerprint density at radius 2 is 2.25 bits per heavy atom. The van der Waals surface area contributed by atoms with E-state index in [-0.39, 0.29) is 0 Å². The number of nitrogens with one attached hydrogen (secondary N) is 2. The highest BCUT2D eigenvalue weighted by Crippen LogP contribution is 2.17. The third-order valence-electron chi connectivity index (χ3n) is 2.93. The number of rotatable bonds is 4. The number of hydrogen-bond donors (Lipinski definition) is 2. The van der Waals surface area contributed by atoms with E-state index in [2.05, 4.69) is 10.6 Å². The lowest BCUT2D eigenvalue weighted by molar-refractivity contribution is 0.506. The van der Waals surface area contributed by atoms with Crippen molar-refractivity contribution in [3.63, 3.8) is 0 Å². The lowest BCUT2D eigenvalue weighted by Crippen LogP contribution is -2.41. The fourth-order valence-corrected chi connectivity index (χ4v) is 2.33. The molecule has 2 N–H and O–H groups in total. The molecule has 0 aliphatic heterocycles. The van der Waals surface area contributed by atoms with E-state index in [1.807, 2.05) is 12.1 Å². The lowest BCUT2D eigenvalue weighted by atomic mass is 10.2. The van der Waals surface area contributed by atoms with Gasteiger partial charge in [-0.3, -0.25) is 0 Å². The normalized spacial score (nSPS) is 16.2. The van der Waals surface area contributed by atoms with Gasteiger partial charge >= 0.3 is 0 Å². The Labute approximate surface area is 102 Å². The summed E-state index contributed by atoms with van der Waals surface area (Å²) in [5.41, 5.74) is 0. The summed E-state index contributed by atoms with van der Waals surface area (Å²) in [7, 11) is 0. The fourth-order valence-electron chi connectivity index (χ4n) is 2.06. The largest absolute Gasteiger partial charge is 0.469 e. The molecule has 0 amide bonds. The molecule has 4 heteroatoms. The average molecular weight is 238 g/mol. The highest BCUT2D eigenvalue weighted by molar-refractivity contribution is 7.80. The van der Waals surface area contributed by atoms with Gasteiger partial charge in [-0.2, -0.15) is 0 Å². The van der Waals surface area contributed by atoms with Gasteiger partial charge in [-0.25, -0.2) is 0 Å². The van der Waals surface area contributed by atoms with Gasteiger partial charge < -0.3 is 15.1 Å². The molecule has 0 spiro atoms. The highest BCUT2D eigenvalue weighted by atomic mass is 32.1. The van der Waals surface area contributed by atoms with Crippen molar-refractivity contribution in [1.82, 2.24) is 10.6 Å². The minimum atomic E-state index is 0.587. The van der Waals surface area contributed by atoms with Gasteiger partial charge in [0.15, 0.2) is 5.11 Å². The summed E-state index contributed by atoms with van der Waals surface area (Å²) in [5, 5.41) is 7.33. The van der Waals surface area contributed by atoms with Gasteiger partial charge in [0.2, 0.25) is 0 Å². The number of hydrogen-bond acceptors (Lipinski definition) is 2. The van der Waals surface area contributed by atoms with Crippen LogP contribution in [-0.2, 0) is 6.42 Å². The van der Waals surface area contributed by atoms with Crippen molar-refractivity contribution in [2.45, 2.75) is 38.1 Å². The summed E-state index contributed by atoms with van der Waals surface area (Å²) in [6.45, 7) is 0.825. The molecule has 0 aromatic carbocycles. The second-order valence-corrected chi connectivity index (χ2v) is 4.62. The minimum absolute atomic E-state index is 0.587. The van der Waals surface area contributed by atoms with Gasteiger partial charge in [0.25, 0.3) is 0 Å². The smallest absolute Gasteiger partial charge is 0.166 e. The van der Waals surface area contributed by atoms with Crippen molar-refractivity contribution in [3.8, 4) is 0 Å². The second kappa shape index (κ2) is 5.89. The van der Waals surface area contributed by atoms with Gasteiger partial charge in [-0.05, 0) is 37.2 Å². The van der Waals surface area contributed by atoms with Crippen LogP contribution in [0.2, 0.25) is 0 Å². The van der Waals surface area contributed by atoms with Crippen LogP contribution in [-0.4, -0.2) is 17.7 Å². The molecule has 2 rings (SSSR count). The van der Waals surface area contributed by atoms with Crippen molar-refractivity contribution in [3.05, 3.63) is 24.2 Å². The Kier molecular flexibility index (Phi) is 4.22. The van der Waals surface area contributed by atoms with Crippen LogP contribution in [0, 0.1) is 0 Å². The van der Waals surface area contributed by atoms with E-state index in [0.717, 1.165) is 23.8 Å².